The van der Waals surface area contributed by atoms with Crippen molar-refractivity contribution in [2.24, 2.45) is 5.92 Å². The molecule has 28 heavy (non-hydrogen) atoms. The zero-order valence-electron chi connectivity index (χ0n) is 16.2. The summed E-state index contributed by atoms with van der Waals surface area (Å²) in [6.07, 6.45) is 5.01. The Morgan fingerprint density at radius 1 is 1.36 bits per heavy atom. The molecular weight excluding hydrogens is 376 g/mol. The van der Waals surface area contributed by atoms with Gasteiger partial charge in [-0.25, -0.2) is 0 Å². The minimum Gasteiger partial charge on any atom is -0.399 e. The van der Waals surface area contributed by atoms with Gasteiger partial charge in [0, 0.05) is 36.0 Å². The number of hydrogen-bond acceptors (Lipinski definition) is 4. The van der Waals surface area contributed by atoms with Gasteiger partial charge in [0.25, 0.3) is 5.91 Å². The van der Waals surface area contributed by atoms with Crippen LogP contribution in [0.2, 0.25) is 5.02 Å². The standard InChI is InChI=1S/C21H27ClN4O2/c1-13-18-12-28-9-8-20(18)25-26(13)11-14-2-5-16(6-3-14)24-21(27)17-10-15(23)4-7-19(17)22/h4,7,10,14,16H,2-3,5-6,8-9,11-12,23H2,1H3,(H,24,27). The molecule has 1 aromatic carbocycles. The van der Waals surface area contributed by atoms with Gasteiger partial charge in [-0.05, 0) is 56.7 Å². The Kier molecular flexibility index (Phi) is 5.60. The van der Waals surface area contributed by atoms with E-state index in [9.17, 15) is 4.79 Å². The number of carbonyl (C=O) groups excluding carboxylic acids is 1. The molecule has 2 aliphatic rings. The van der Waals surface area contributed by atoms with Crippen LogP contribution in [-0.2, 0) is 24.3 Å². The SMILES string of the molecule is Cc1c2c(nn1CC1CCC(NC(=O)c3cc(N)ccc3Cl)CC1)CCOC2. The molecule has 0 unspecified atom stereocenters. The van der Waals surface area contributed by atoms with Gasteiger partial charge >= 0.3 is 0 Å². The summed E-state index contributed by atoms with van der Waals surface area (Å²) in [6.45, 7) is 4.54. The second kappa shape index (κ2) is 8.13. The third kappa shape index (κ3) is 4.03. The fourth-order valence-electron chi connectivity index (χ4n) is 4.27. The van der Waals surface area contributed by atoms with Crippen molar-refractivity contribution in [3.8, 4) is 0 Å². The summed E-state index contributed by atoms with van der Waals surface area (Å²) in [5.74, 6) is 0.446. The van der Waals surface area contributed by atoms with Crippen LogP contribution in [0.1, 0.15) is 53.0 Å². The summed E-state index contributed by atoms with van der Waals surface area (Å²) in [7, 11) is 0. The summed E-state index contributed by atoms with van der Waals surface area (Å²) >= 11 is 6.15. The van der Waals surface area contributed by atoms with Crippen LogP contribution in [0.4, 0.5) is 5.69 Å². The van der Waals surface area contributed by atoms with Gasteiger partial charge in [0.05, 0.1) is 29.5 Å². The van der Waals surface area contributed by atoms with E-state index in [1.165, 1.54) is 17.0 Å². The van der Waals surface area contributed by atoms with Crippen molar-refractivity contribution in [3.63, 3.8) is 0 Å². The lowest BCUT2D eigenvalue weighted by Gasteiger charge is -2.29. The minimum absolute atomic E-state index is 0.142. The number of anilines is 1. The topological polar surface area (TPSA) is 82.2 Å². The molecule has 1 amide bonds. The molecule has 4 rings (SSSR count). The molecule has 3 N–H and O–H groups in total. The van der Waals surface area contributed by atoms with Crippen molar-refractivity contribution in [1.82, 2.24) is 15.1 Å². The lowest BCUT2D eigenvalue weighted by atomic mass is 9.86. The first-order valence-corrected chi connectivity index (χ1v) is 10.4. The van der Waals surface area contributed by atoms with Crippen LogP contribution in [0.5, 0.6) is 0 Å². The highest BCUT2D eigenvalue weighted by Gasteiger charge is 2.26. The summed E-state index contributed by atoms with van der Waals surface area (Å²) < 4.78 is 7.73. The van der Waals surface area contributed by atoms with E-state index in [0.717, 1.165) is 45.3 Å². The highest BCUT2D eigenvalue weighted by Crippen LogP contribution is 2.28. The number of nitrogen functional groups attached to an aromatic ring is 1. The van der Waals surface area contributed by atoms with E-state index in [1.54, 1.807) is 18.2 Å². The van der Waals surface area contributed by atoms with E-state index in [0.29, 0.717) is 28.8 Å². The Balaban J connectivity index is 1.32. The maximum absolute atomic E-state index is 12.5. The van der Waals surface area contributed by atoms with Crippen LogP contribution >= 0.6 is 11.6 Å². The van der Waals surface area contributed by atoms with E-state index in [1.807, 2.05) is 0 Å². The fraction of sp³-hybridized carbons (Fsp3) is 0.524. The number of rotatable bonds is 4. The third-order valence-corrected chi connectivity index (χ3v) is 6.32. The Labute approximate surface area is 170 Å². The lowest BCUT2D eigenvalue weighted by Crippen LogP contribution is -2.38. The number of nitrogens with two attached hydrogens (primary N) is 1. The van der Waals surface area contributed by atoms with Crippen LogP contribution in [0.25, 0.3) is 0 Å². The largest absolute Gasteiger partial charge is 0.399 e. The van der Waals surface area contributed by atoms with E-state index < -0.39 is 0 Å². The lowest BCUT2D eigenvalue weighted by molar-refractivity contribution is 0.0920. The number of benzene rings is 1. The zero-order valence-corrected chi connectivity index (χ0v) is 17.0. The Morgan fingerprint density at radius 2 is 2.14 bits per heavy atom. The molecule has 150 valence electrons. The van der Waals surface area contributed by atoms with Crippen LogP contribution in [0, 0.1) is 12.8 Å². The van der Waals surface area contributed by atoms with Crippen molar-refractivity contribution < 1.29 is 9.53 Å². The summed E-state index contributed by atoms with van der Waals surface area (Å²) in [4.78, 5) is 12.5. The molecule has 1 aliphatic heterocycles. The average Bonchev–Trinajstić information content (AvgIpc) is 3.01. The Hall–Kier alpha value is -2.05. The van der Waals surface area contributed by atoms with Crippen LogP contribution in [0.15, 0.2) is 18.2 Å². The quantitative estimate of drug-likeness (QED) is 0.767. The first-order valence-electron chi connectivity index (χ1n) is 10.00. The molecule has 0 atom stereocenters. The molecule has 6 nitrogen and oxygen atoms in total. The van der Waals surface area contributed by atoms with Gasteiger partial charge in [-0.2, -0.15) is 5.10 Å². The van der Waals surface area contributed by atoms with Crippen molar-refractivity contribution in [3.05, 3.63) is 45.7 Å². The maximum atomic E-state index is 12.5. The average molecular weight is 403 g/mol. The molecule has 0 spiro atoms. The molecule has 2 aromatic rings. The molecule has 1 fully saturated rings. The molecule has 0 radical (unpaired) electrons. The van der Waals surface area contributed by atoms with Crippen molar-refractivity contribution in [2.45, 2.75) is 58.2 Å². The van der Waals surface area contributed by atoms with Crippen LogP contribution in [-0.4, -0.2) is 28.3 Å². The Bertz CT molecular complexity index is 872. The van der Waals surface area contributed by atoms with Crippen molar-refractivity contribution >= 4 is 23.2 Å². The van der Waals surface area contributed by atoms with Gasteiger partial charge in [-0.15, -0.1) is 0 Å². The van der Waals surface area contributed by atoms with Crippen molar-refractivity contribution in [2.75, 3.05) is 12.3 Å². The molecule has 1 aliphatic carbocycles. The normalized spacial score (nSPS) is 21.9. The molecular formula is C21H27ClN4O2. The van der Waals surface area contributed by atoms with Gasteiger partial charge in [0.1, 0.15) is 0 Å². The maximum Gasteiger partial charge on any atom is 0.253 e. The number of carbonyl (C=O) groups is 1. The first-order chi connectivity index (χ1) is 13.5. The van der Waals surface area contributed by atoms with Crippen LogP contribution in [0.3, 0.4) is 0 Å². The smallest absolute Gasteiger partial charge is 0.253 e. The zero-order chi connectivity index (χ0) is 19.7. The molecule has 0 saturated heterocycles. The van der Waals surface area contributed by atoms with Gasteiger partial charge in [0.15, 0.2) is 0 Å². The second-order valence-corrected chi connectivity index (χ2v) is 8.33. The van der Waals surface area contributed by atoms with E-state index >= 15 is 0 Å². The van der Waals surface area contributed by atoms with E-state index in [4.69, 9.17) is 27.2 Å². The number of fused-ring (bicyclic) bond motifs is 1. The Morgan fingerprint density at radius 3 is 2.89 bits per heavy atom. The van der Waals surface area contributed by atoms with Gasteiger partial charge in [0.2, 0.25) is 0 Å². The van der Waals surface area contributed by atoms with Gasteiger partial charge < -0.3 is 15.8 Å². The predicted molar refractivity (Wildman–Crippen MR) is 109 cm³/mol. The third-order valence-electron chi connectivity index (χ3n) is 5.99. The highest BCUT2D eigenvalue weighted by molar-refractivity contribution is 6.34. The number of nitrogens with one attached hydrogen (secondary N) is 1. The molecule has 1 saturated carbocycles. The van der Waals surface area contributed by atoms with E-state index in [2.05, 4.69) is 16.9 Å². The molecule has 2 heterocycles. The molecule has 0 bridgehead atoms. The van der Waals surface area contributed by atoms with Crippen LogP contribution < -0.4 is 11.1 Å². The number of amides is 1. The number of halogens is 1. The first kappa shape index (κ1) is 19.3. The van der Waals surface area contributed by atoms with Crippen molar-refractivity contribution in [1.29, 1.82) is 0 Å². The highest BCUT2D eigenvalue weighted by atomic mass is 35.5. The fourth-order valence-corrected chi connectivity index (χ4v) is 4.47. The monoisotopic (exact) mass is 402 g/mol. The molecule has 7 heteroatoms. The summed E-state index contributed by atoms with van der Waals surface area (Å²) in [6, 6.07) is 5.18. The number of hydrogen-bond donors (Lipinski definition) is 2. The number of nitrogens with zero attached hydrogens (tertiary/aromatic N) is 2. The summed E-state index contributed by atoms with van der Waals surface area (Å²) in [5.41, 5.74) is 10.5. The number of ether oxygens (including phenoxy) is 1. The second-order valence-electron chi connectivity index (χ2n) is 7.93. The van der Waals surface area contributed by atoms with Gasteiger partial charge in [-0.3, -0.25) is 9.48 Å². The summed E-state index contributed by atoms with van der Waals surface area (Å²) in [5, 5.41) is 8.36. The van der Waals surface area contributed by atoms with E-state index in [-0.39, 0.29) is 11.9 Å². The van der Waals surface area contributed by atoms with Gasteiger partial charge in [-0.1, -0.05) is 11.6 Å². The number of aromatic nitrogens is 2. The predicted octanol–water partition coefficient (Wildman–Crippen LogP) is 3.49. The molecule has 1 aromatic heterocycles. The minimum atomic E-state index is -0.142.